The molecular formula is C32H61NO5. The van der Waals surface area contributed by atoms with Crippen LogP contribution in [-0.4, -0.2) is 53.9 Å². The summed E-state index contributed by atoms with van der Waals surface area (Å²) in [4.78, 5) is 25.1. The zero-order valence-corrected chi connectivity index (χ0v) is 25.3. The normalized spacial score (nSPS) is 23.4. The van der Waals surface area contributed by atoms with Gasteiger partial charge in [-0.1, -0.05) is 117 Å². The highest BCUT2D eigenvalue weighted by molar-refractivity contribution is 5.98. The van der Waals surface area contributed by atoms with Crippen molar-refractivity contribution in [1.29, 1.82) is 0 Å². The third-order valence-electron chi connectivity index (χ3n) is 7.92. The molecule has 0 radical (unpaired) electrons. The lowest BCUT2D eigenvalue weighted by Crippen LogP contribution is -2.63. The smallest absolute Gasteiger partial charge is 0.227 e. The molecule has 2 N–H and O–H groups in total. The van der Waals surface area contributed by atoms with E-state index in [0.717, 1.165) is 32.1 Å². The van der Waals surface area contributed by atoms with E-state index >= 15 is 0 Å². The van der Waals surface area contributed by atoms with Crippen LogP contribution in [0.3, 0.4) is 0 Å². The van der Waals surface area contributed by atoms with Gasteiger partial charge in [-0.15, -0.1) is 0 Å². The SMILES string of the molecule is CCCCCCCCCCCC(=O)CC(=O)NC1C(C)OC(CC)C(O)C1OCCCCCCCCCC. The molecule has 1 aliphatic heterocycles. The Labute approximate surface area is 234 Å². The van der Waals surface area contributed by atoms with Gasteiger partial charge in [0.05, 0.1) is 24.7 Å². The molecule has 38 heavy (non-hydrogen) atoms. The summed E-state index contributed by atoms with van der Waals surface area (Å²) in [5.41, 5.74) is 0. The quantitative estimate of drug-likeness (QED) is 0.0984. The number of amides is 1. The van der Waals surface area contributed by atoms with Crippen molar-refractivity contribution < 1.29 is 24.2 Å². The van der Waals surface area contributed by atoms with Crippen molar-refractivity contribution in [3.8, 4) is 0 Å². The van der Waals surface area contributed by atoms with E-state index in [1.165, 1.54) is 77.0 Å². The van der Waals surface area contributed by atoms with Crippen LogP contribution < -0.4 is 5.32 Å². The van der Waals surface area contributed by atoms with Crippen LogP contribution in [0.1, 0.15) is 156 Å². The Morgan fingerprint density at radius 2 is 1.26 bits per heavy atom. The molecule has 0 aromatic heterocycles. The molecular weight excluding hydrogens is 478 g/mol. The Bertz CT molecular complexity index is 598. The number of carbonyl (C=O) groups excluding carboxylic acids is 2. The number of ketones is 1. The summed E-state index contributed by atoms with van der Waals surface area (Å²) in [5, 5.41) is 13.9. The maximum absolute atomic E-state index is 12.7. The average Bonchev–Trinajstić information content (AvgIpc) is 2.89. The summed E-state index contributed by atoms with van der Waals surface area (Å²) in [6.45, 7) is 8.93. The van der Waals surface area contributed by atoms with Crippen LogP contribution in [0.2, 0.25) is 0 Å². The summed E-state index contributed by atoms with van der Waals surface area (Å²) in [6.07, 6.45) is 19.7. The molecule has 0 aliphatic carbocycles. The molecule has 1 amide bonds. The van der Waals surface area contributed by atoms with Crippen LogP contribution in [-0.2, 0) is 19.1 Å². The zero-order chi connectivity index (χ0) is 28.0. The predicted octanol–water partition coefficient (Wildman–Crippen LogP) is 7.44. The molecule has 1 rings (SSSR count). The second-order valence-corrected chi connectivity index (χ2v) is 11.5. The van der Waals surface area contributed by atoms with Gasteiger partial charge in [0.2, 0.25) is 5.91 Å². The van der Waals surface area contributed by atoms with Crippen LogP contribution in [0.15, 0.2) is 0 Å². The van der Waals surface area contributed by atoms with Gasteiger partial charge in [-0.25, -0.2) is 0 Å². The molecule has 0 aromatic carbocycles. The fraction of sp³-hybridized carbons (Fsp3) is 0.938. The van der Waals surface area contributed by atoms with Gasteiger partial charge in [-0.05, 0) is 26.2 Å². The van der Waals surface area contributed by atoms with Crippen molar-refractivity contribution in [3.63, 3.8) is 0 Å². The molecule has 6 nitrogen and oxygen atoms in total. The highest BCUT2D eigenvalue weighted by Gasteiger charge is 2.44. The van der Waals surface area contributed by atoms with Crippen LogP contribution in [0.25, 0.3) is 0 Å². The van der Waals surface area contributed by atoms with Gasteiger partial charge < -0.3 is 19.9 Å². The molecule has 0 spiro atoms. The van der Waals surface area contributed by atoms with Crippen molar-refractivity contribution in [2.45, 2.75) is 187 Å². The lowest BCUT2D eigenvalue weighted by Gasteiger charge is -2.44. The number of carbonyl (C=O) groups is 2. The van der Waals surface area contributed by atoms with E-state index in [9.17, 15) is 14.7 Å². The number of hydrogen-bond acceptors (Lipinski definition) is 5. The number of hydrogen-bond donors (Lipinski definition) is 2. The number of ether oxygens (including phenoxy) is 2. The van der Waals surface area contributed by atoms with E-state index in [2.05, 4.69) is 19.2 Å². The lowest BCUT2D eigenvalue weighted by molar-refractivity contribution is -0.196. The van der Waals surface area contributed by atoms with E-state index in [4.69, 9.17) is 9.47 Å². The highest BCUT2D eigenvalue weighted by Crippen LogP contribution is 2.26. The first-order chi connectivity index (χ1) is 18.4. The third-order valence-corrected chi connectivity index (χ3v) is 7.92. The van der Waals surface area contributed by atoms with E-state index in [0.29, 0.717) is 19.4 Å². The standard InChI is InChI=1S/C32H61NO5/c1-5-8-10-12-14-16-17-19-21-23-27(34)25-29(35)33-30-26(4)38-28(7-3)31(36)32(30)37-24-22-20-18-15-13-11-9-6-2/h26,28,30-32,36H,5-25H2,1-4H3,(H,33,35). The number of aliphatic hydroxyl groups is 1. The molecule has 6 heteroatoms. The summed E-state index contributed by atoms with van der Waals surface area (Å²) in [7, 11) is 0. The van der Waals surface area contributed by atoms with Crippen LogP contribution >= 0.6 is 0 Å². The molecule has 0 saturated carbocycles. The van der Waals surface area contributed by atoms with Gasteiger partial charge in [0, 0.05) is 13.0 Å². The maximum atomic E-state index is 12.7. The third kappa shape index (κ3) is 15.6. The Morgan fingerprint density at radius 3 is 1.79 bits per heavy atom. The minimum Gasteiger partial charge on any atom is -0.388 e. The largest absolute Gasteiger partial charge is 0.388 e. The van der Waals surface area contributed by atoms with Gasteiger partial charge in [0.15, 0.2) is 0 Å². The van der Waals surface area contributed by atoms with Gasteiger partial charge in [-0.2, -0.15) is 0 Å². The number of unbranched alkanes of at least 4 members (excludes halogenated alkanes) is 15. The summed E-state index contributed by atoms with van der Waals surface area (Å²) in [5.74, 6) is -0.313. The van der Waals surface area contributed by atoms with E-state index in [-0.39, 0.29) is 30.3 Å². The topological polar surface area (TPSA) is 84.9 Å². The Balaban J connectivity index is 2.37. The zero-order valence-electron chi connectivity index (χ0n) is 25.3. The summed E-state index contributed by atoms with van der Waals surface area (Å²) in [6, 6.07) is -0.463. The van der Waals surface area contributed by atoms with Gasteiger partial charge in [0.1, 0.15) is 18.0 Å². The monoisotopic (exact) mass is 539 g/mol. The predicted molar refractivity (Wildman–Crippen MR) is 156 cm³/mol. The van der Waals surface area contributed by atoms with Gasteiger partial charge >= 0.3 is 0 Å². The molecule has 1 aliphatic rings. The second-order valence-electron chi connectivity index (χ2n) is 11.5. The van der Waals surface area contributed by atoms with Crippen molar-refractivity contribution >= 4 is 11.7 Å². The molecule has 5 atom stereocenters. The average molecular weight is 540 g/mol. The summed E-state index contributed by atoms with van der Waals surface area (Å²) < 4.78 is 12.2. The molecule has 1 heterocycles. The molecule has 0 aromatic rings. The van der Waals surface area contributed by atoms with Gasteiger partial charge in [-0.3, -0.25) is 9.59 Å². The molecule has 1 saturated heterocycles. The van der Waals surface area contributed by atoms with Crippen molar-refractivity contribution in [2.24, 2.45) is 0 Å². The Kier molecular flexibility index (Phi) is 21.0. The number of nitrogens with one attached hydrogen (secondary N) is 1. The lowest BCUT2D eigenvalue weighted by atomic mass is 9.91. The Morgan fingerprint density at radius 1 is 0.763 bits per heavy atom. The molecule has 1 fully saturated rings. The first kappa shape index (κ1) is 35.0. The fourth-order valence-corrected chi connectivity index (χ4v) is 5.46. The minimum atomic E-state index is -0.798. The molecule has 5 unspecified atom stereocenters. The van der Waals surface area contributed by atoms with Gasteiger partial charge in [0.25, 0.3) is 0 Å². The number of Topliss-reactive ketones (excluding diaryl/α,β-unsaturated/α-hetero) is 1. The Hall–Kier alpha value is -0.980. The van der Waals surface area contributed by atoms with E-state index in [1.807, 2.05) is 13.8 Å². The number of rotatable bonds is 24. The molecule has 224 valence electrons. The fourth-order valence-electron chi connectivity index (χ4n) is 5.46. The summed E-state index contributed by atoms with van der Waals surface area (Å²) >= 11 is 0. The first-order valence-electron chi connectivity index (χ1n) is 16.2. The highest BCUT2D eigenvalue weighted by atomic mass is 16.5. The number of aliphatic hydroxyl groups excluding tert-OH is 1. The van der Waals surface area contributed by atoms with Crippen LogP contribution in [0.4, 0.5) is 0 Å². The van der Waals surface area contributed by atoms with Crippen LogP contribution in [0, 0.1) is 0 Å². The second kappa shape index (κ2) is 22.8. The van der Waals surface area contributed by atoms with Crippen molar-refractivity contribution in [2.75, 3.05) is 6.61 Å². The van der Waals surface area contributed by atoms with Crippen molar-refractivity contribution in [1.82, 2.24) is 5.32 Å². The molecule has 0 bridgehead atoms. The minimum absolute atomic E-state index is 0.0155. The first-order valence-corrected chi connectivity index (χ1v) is 16.2. The van der Waals surface area contributed by atoms with E-state index < -0.39 is 18.2 Å². The van der Waals surface area contributed by atoms with E-state index in [1.54, 1.807) is 0 Å². The maximum Gasteiger partial charge on any atom is 0.227 e. The van der Waals surface area contributed by atoms with Crippen LogP contribution in [0.5, 0.6) is 0 Å². The van der Waals surface area contributed by atoms with Crippen molar-refractivity contribution in [3.05, 3.63) is 0 Å².